The van der Waals surface area contributed by atoms with Crippen molar-refractivity contribution in [1.82, 2.24) is 4.90 Å². The average molecular weight is 334 g/mol. The Kier molecular flexibility index (Phi) is 7.92. The van der Waals surface area contributed by atoms with Crippen LogP contribution < -0.4 is 5.32 Å². The first-order valence-corrected chi connectivity index (χ1v) is 8.63. The number of benzene rings is 1. The second-order valence-electron chi connectivity index (χ2n) is 6.77. The highest BCUT2D eigenvalue weighted by Gasteiger charge is 2.18. The number of nitrogens with zero attached hydrogens (tertiary/aromatic N) is 1. The molecule has 0 aliphatic rings. The van der Waals surface area contributed by atoms with Gasteiger partial charge in [-0.25, -0.2) is 0 Å². The van der Waals surface area contributed by atoms with Gasteiger partial charge in [-0.1, -0.05) is 52.8 Å². The third-order valence-electron chi connectivity index (χ3n) is 3.90. The zero-order valence-corrected chi connectivity index (χ0v) is 15.4. The fourth-order valence-electron chi connectivity index (χ4n) is 2.80. The standard InChI is InChI=1S/C19H30N2O3/c1-6-10-21(12-18(23)24)11-17(22)20-19-15(13(2)3)8-7-9-16(19)14(4)5/h7-9,13-14H,6,10-12H2,1-5H3,(H,20,22)(H,23,24). The van der Waals surface area contributed by atoms with Crippen molar-refractivity contribution in [3.63, 3.8) is 0 Å². The van der Waals surface area contributed by atoms with Crippen molar-refractivity contribution >= 4 is 17.6 Å². The number of hydrogen-bond donors (Lipinski definition) is 2. The van der Waals surface area contributed by atoms with Gasteiger partial charge in [0.1, 0.15) is 0 Å². The Balaban J connectivity index is 2.98. The zero-order valence-electron chi connectivity index (χ0n) is 15.4. The highest BCUT2D eigenvalue weighted by molar-refractivity contribution is 5.94. The number of nitrogens with one attached hydrogen (secondary N) is 1. The average Bonchev–Trinajstić information content (AvgIpc) is 2.46. The van der Waals surface area contributed by atoms with Gasteiger partial charge in [-0.2, -0.15) is 0 Å². The summed E-state index contributed by atoms with van der Waals surface area (Å²) >= 11 is 0. The van der Waals surface area contributed by atoms with Crippen LogP contribution in [0.25, 0.3) is 0 Å². The lowest BCUT2D eigenvalue weighted by molar-refractivity contribution is -0.138. The minimum atomic E-state index is -0.915. The van der Waals surface area contributed by atoms with Gasteiger partial charge < -0.3 is 10.4 Å². The molecule has 1 aromatic rings. The quantitative estimate of drug-likeness (QED) is 0.723. The number of carboxylic acid groups (broad SMARTS) is 1. The molecule has 0 fully saturated rings. The Labute approximate surface area is 145 Å². The van der Waals surface area contributed by atoms with Gasteiger partial charge in [0.05, 0.1) is 13.1 Å². The molecule has 0 radical (unpaired) electrons. The van der Waals surface area contributed by atoms with Crippen LogP contribution in [0.1, 0.15) is 64.0 Å². The maximum absolute atomic E-state index is 12.5. The fraction of sp³-hybridized carbons (Fsp3) is 0.579. The lowest BCUT2D eigenvalue weighted by Crippen LogP contribution is -2.37. The normalized spacial score (nSPS) is 11.3. The number of carbonyl (C=O) groups excluding carboxylic acids is 1. The van der Waals surface area contributed by atoms with Gasteiger partial charge in [-0.15, -0.1) is 0 Å². The van der Waals surface area contributed by atoms with Crippen LogP contribution >= 0.6 is 0 Å². The number of carbonyl (C=O) groups is 2. The smallest absolute Gasteiger partial charge is 0.317 e. The molecule has 5 nitrogen and oxygen atoms in total. The molecule has 0 aliphatic heterocycles. The summed E-state index contributed by atoms with van der Waals surface area (Å²) in [4.78, 5) is 25.1. The molecule has 5 heteroatoms. The van der Waals surface area contributed by atoms with E-state index in [9.17, 15) is 9.59 Å². The summed E-state index contributed by atoms with van der Waals surface area (Å²) in [5, 5.41) is 12.0. The van der Waals surface area contributed by atoms with Crippen molar-refractivity contribution in [2.24, 2.45) is 0 Å². The SMILES string of the molecule is CCCN(CC(=O)O)CC(=O)Nc1c(C(C)C)cccc1C(C)C. The van der Waals surface area contributed by atoms with Crippen molar-refractivity contribution < 1.29 is 14.7 Å². The fourth-order valence-corrected chi connectivity index (χ4v) is 2.80. The van der Waals surface area contributed by atoms with Gasteiger partial charge in [0.15, 0.2) is 0 Å². The van der Waals surface area contributed by atoms with Crippen molar-refractivity contribution in [2.45, 2.75) is 52.9 Å². The van der Waals surface area contributed by atoms with E-state index in [1.54, 1.807) is 4.90 Å². The van der Waals surface area contributed by atoms with E-state index in [4.69, 9.17) is 5.11 Å². The van der Waals surface area contributed by atoms with E-state index < -0.39 is 5.97 Å². The first-order chi connectivity index (χ1) is 11.3. The minimum Gasteiger partial charge on any atom is -0.480 e. The van der Waals surface area contributed by atoms with Crippen molar-refractivity contribution in [3.05, 3.63) is 29.3 Å². The van der Waals surface area contributed by atoms with Gasteiger partial charge in [0.2, 0.25) is 5.91 Å². The molecule has 134 valence electrons. The Morgan fingerprint density at radius 1 is 1.08 bits per heavy atom. The molecule has 1 amide bonds. The molecule has 2 N–H and O–H groups in total. The lowest BCUT2D eigenvalue weighted by atomic mass is 9.92. The highest BCUT2D eigenvalue weighted by atomic mass is 16.4. The highest BCUT2D eigenvalue weighted by Crippen LogP contribution is 2.32. The second-order valence-corrected chi connectivity index (χ2v) is 6.77. The van der Waals surface area contributed by atoms with Crippen LogP contribution in [0, 0.1) is 0 Å². The Morgan fingerprint density at radius 3 is 2.04 bits per heavy atom. The predicted molar refractivity (Wildman–Crippen MR) is 97.6 cm³/mol. The summed E-state index contributed by atoms with van der Waals surface area (Å²) in [5.41, 5.74) is 3.09. The first kappa shape index (κ1) is 20.2. The molecule has 0 heterocycles. The zero-order chi connectivity index (χ0) is 18.3. The molecular formula is C19H30N2O3. The number of rotatable bonds is 9. The lowest BCUT2D eigenvalue weighted by Gasteiger charge is -2.22. The predicted octanol–water partition coefficient (Wildman–Crippen LogP) is 3.67. The summed E-state index contributed by atoms with van der Waals surface area (Å²) in [5.74, 6) is -0.490. The maximum atomic E-state index is 12.5. The number of aliphatic carboxylic acids is 1. The van der Waals surface area contributed by atoms with Crippen LogP contribution in [0.5, 0.6) is 0 Å². The molecule has 0 unspecified atom stereocenters. The van der Waals surface area contributed by atoms with Crippen LogP contribution in [0.2, 0.25) is 0 Å². The molecule has 0 saturated heterocycles. The van der Waals surface area contributed by atoms with Crippen molar-refractivity contribution in [1.29, 1.82) is 0 Å². The van der Waals surface area contributed by atoms with Gasteiger partial charge in [-0.3, -0.25) is 14.5 Å². The molecule has 1 aromatic carbocycles. The van der Waals surface area contributed by atoms with E-state index in [1.165, 1.54) is 0 Å². The Morgan fingerprint density at radius 2 is 1.62 bits per heavy atom. The summed E-state index contributed by atoms with van der Waals surface area (Å²) < 4.78 is 0. The summed E-state index contributed by atoms with van der Waals surface area (Å²) in [6.07, 6.45) is 0.806. The number of carboxylic acids is 1. The van der Waals surface area contributed by atoms with E-state index in [0.29, 0.717) is 18.4 Å². The second kappa shape index (κ2) is 9.42. The third kappa shape index (κ3) is 5.96. The Hall–Kier alpha value is -1.88. The molecule has 0 saturated carbocycles. The van der Waals surface area contributed by atoms with E-state index in [0.717, 1.165) is 23.2 Å². The number of hydrogen-bond acceptors (Lipinski definition) is 3. The maximum Gasteiger partial charge on any atom is 0.317 e. The van der Waals surface area contributed by atoms with Crippen LogP contribution in [-0.2, 0) is 9.59 Å². The van der Waals surface area contributed by atoms with Crippen LogP contribution in [-0.4, -0.2) is 41.5 Å². The molecule has 0 atom stereocenters. The molecular weight excluding hydrogens is 304 g/mol. The molecule has 0 aromatic heterocycles. The van der Waals surface area contributed by atoms with Crippen LogP contribution in [0.15, 0.2) is 18.2 Å². The van der Waals surface area contributed by atoms with Crippen molar-refractivity contribution in [3.8, 4) is 0 Å². The van der Waals surface area contributed by atoms with E-state index in [1.807, 2.05) is 25.1 Å². The van der Waals surface area contributed by atoms with Gasteiger partial charge in [-0.05, 0) is 35.9 Å². The topological polar surface area (TPSA) is 69.6 Å². The molecule has 0 aliphatic carbocycles. The third-order valence-corrected chi connectivity index (χ3v) is 3.90. The van der Waals surface area contributed by atoms with E-state index >= 15 is 0 Å². The summed E-state index contributed by atoms with van der Waals surface area (Å²) in [7, 11) is 0. The van der Waals surface area contributed by atoms with Crippen LogP contribution in [0.3, 0.4) is 0 Å². The first-order valence-electron chi connectivity index (χ1n) is 8.63. The summed E-state index contributed by atoms with van der Waals surface area (Å²) in [6, 6.07) is 6.09. The van der Waals surface area contributed by atoms with Crippen molar-refractivity contribution in [2.75, 3.05) is 25.0 Å². The van der Waals surface area contributed by atoms with Gasteiger partial charge in [0, 0.05) is 5.69 Å². The number of para-hydroxylation sites is 1. The number of amides is 1. The van der Waals surface area contributed by atoms with Gasteiger partial charge >= 0.3 is 5.97 Å². The Bertz CT molecular complexity index is 541. The van der Waals surface area contributed by atoms with E-state index in [2.05, 4.69) is 33.0 Å². The summed E-state index contributed by atoms with van der Waals surface area (Å²) in [6.45, 7) is 10.9. The minimum absolute atomic E-state index is 0.0874. The largest absolute Gasteiger partial charge is 0.480 e. The van der Waals surface area contributed by atoms with Gasteiger partial charge in [0.25, 0.3) is 0 Å². The monoisotopic (exact) mass is 334 g/mol. The van der Waals surface area contributed by atoms with E-state index in [-0.39, 0.29) is 19.0 Å². The number of anilines is 1. The molecule has 24 heavy (non-hydrogen) atoms. The molecule has 0 spiro atoms. The molecule has 1 rings (SSSR count). The molecule has 0 bridgehead atoms. The van der Waals surface area contributed by atoms with Crippen LogP contribution in [0.4, 0.5) is 5.69 Å².